The Kier molecular flexibility index (Phi) is 3.66. The minimum atomic E-state index is -3.50. The van der Waals surface area contributed by atoms with Crippen LogP contribution in [0, 0.1) is 0 Å². The first-order valence-electron chi connectivity index (χ1n) is 3.90. The van der Waals surface area contributed by atoms with Crippen molar-refractivity contribution in [1.82, 2.24) is 9.97 Å². The summed E-state index contributed by atoms with van der Waals surface area (Å²) in [5, 5.41) is 7.66. The maximum atomic E-state index is 10.6. The van der Waals surface area contributed by atoms with Crippen LogP contribution in [0.1, 0.15) is 0 Å². The third-order valence-corrected chi connectivity index (χ3v) is 2.64. The highest BCUT2D eigenvalue weighted by atomic mass is 35.5. The molecule has 15 heavy (non-hydrogen) atoms. The lowest BCUT2D eigenvalue weighted by atomic mass is 10.5. The molecule has 9 heteroatoms. The SMILES string of the molecule is Nc1ncnc(NCCS(N)(=O)=O)c1Cl. The number of aromatic nitrogens is 2. The van der Waals surface area contributed by atoms with Crippen LogP contribution in [0.4, 0.5) is 11.6 Å². The molecule has 7 nitrogen and oxygen atoms in total. The Morgan fingerprint density at radius 1 is 1.47 bits per heavy atom. The van der Waals surface area contributed by atoms with Gasteiger partial charge in [0.2, 0.25) is 10.0 Å². The van der Waals surface area contributed by atoms with E-state index in [0.29, 0.717) is 0 Å². The van der Waals surface area contributed by atoms with Gasteiger partial charge < -0.3 is 11.1 Å². The van der Waals surface area contributed by atoms with Crippen LogP contribution in [-0.2, 0) is 10.0 Å². The zero-order chi connectivity index (χ0) is 11.5. The maximum absolute atomic E-state index is 10.6. The van der Waals surface area contributed by atoms with Crippen molar-refractivity contribution < 1.29 is 8.42 Å². The van der Waals surface area contributed by atoms with Crippen molar-refractivity contribution in [2.75, 3.05) is 23.3 Å². The van der Waals surface area contributed by atoms with Crippen molar-refractivity contribution in [3.63, 3.8) is 0 Å². The number of halogens is 1. The van der Waals surface area contributed by atoms with E-state index < -0.39 is 10.0 Å². The summed E-state index contributed by atoms with van der Waals surface area (Å²) in [6.07, 6.45) is 1.22. The topological polar surface area (TPSA) is 124 Å². The molecule has 5 N–H and O–H groups in total. The number of hydrogen-bond donors (Lipinski definition) is 3. The number of sulfonamides is 1. The van der Waals surface area contributed by atoms with Crippen LogP contribution in [-0.4, -0.2) is 30.7 Å². The summed E-state index contributed by atoms with van der Waals surface area (Å²) in [5.41, 5.74) is 5.41. The van der Waals surface area contributed by atoms with Gasteiger partial charge in [0.15, 0.2) is 0 Å². The summed E-state index contributed by atoms with van der Waals surface area (Å²) in [6, 6.07) is 0. The highest BCUT2D eigenvalue weighted by Gasteiger charge is 2.07. The minimum absolute atomic E-state index is 0.106. The van der Waals surface area contributed by atoms with Gasteiger partial charge in [0.1, 0.15) is 23.0 Å². The lowest BCUT2D eigenvalue weighted by molar-refractivity contribution is 0.598. The van der Waals surface area contributed by atoms with Crippen LogP contribution in [0.5, 0.6) is 0 Å². The molecule has 0 aliphatic heterocycles. The lowest BCUT2D eigenvalue weighted by Crippen LogP contribution is -2.22. The standard InChI is InChI=1S/C6H10ClN5O2S/c7-4-5(8)11-3-12-6(4)10-1-2-15(9,13)14/h3H,1-2H2,(H2,9,13,14)(H3,8,10,11,12). The monoisotopic (exact) mass is 251 g/mol. The number of nitrogens with zero attached hydrogens (tertiary/aromatic N) is 2. The van der Waals surface area contributed by atoms with E-state index >= 15 is 0 Å². The van der Waals surface area contributed by atoms with E-state index in [1.807, 2.05) is 0 Å². The van der Waals surface area contributed by atoms with Gasteiger partial charge in [-0.1, -0.05) is 11.6 Å². The van der Waals surface area contributed by atoms with Crippen molar-refractivity contribution in [2.24, 2.45) is 5.14 Å². The Morgan fingerprint density at radius 2 is 2.13 bits per heavy atom. The molecule has 0 atom stereocenters. The zero-order valence-electron chi connectivity index (χ0n) is 7.64. The molecule has 0 saturated carbocycles. The van der Waals surface area contributed by atoms with Gasteiger partial charge in [-0.15, -0.1) is 0 Å². The molecule has 1 heterocycles. The van der Waals surface area contributed by atoms with Gasteiger partial charge in [-0.3, -0.25) is 0 Å². The first-order chi connectivity index (χ1) is 6.90. The van der Waals surface area contributed by atoms with Gasteiger partial charge in [0, 0.05) is 6.54 Å². The molecule has 0 amide bonds. The van der Waals surface area contributed by atoms with E-state index in [-0.39, 0.29) is 29.0 Å². The van der Waals surface area contributed by atoms with E-state index in [0.717, 1.165) is 0 Å². The van der Waals surface area contributed by atoms with Crippen LogP contribution in [0.3, 0.4) is 0 Å². The van der Waals surface area contributed by atoms with Gasteiger partial charge in [-0.05, 0) is 0 Å². The van der Waals surface area contributed by atoms with Crippen molar-refractivity contribution in [3.05, 3.63) is 11.3 Å². The molecule has 0 radical (unpaired) electrons. The first kappa shape index (κ1) is 12.0. The molecule has 0 unspecified atom stereocenters. The molecule has 0 aliphatic carbocycles. The van der Waals surface area contributed by atoms with Crippen LogP contribution in [0.2, 0.25) is 5.02 Å². The zero-order valence-corrected chi connectivity index (χ0v) is 9.22. The van der Waals surface area contributed by atoms with E-state index in [9.17, 15) is 8.42 Å². The van der Waals surface area contributed by atoms with E-state index in [4.69, 9.17) is 22.5 Å². The fourth-order valence-electron chi connectivity index (χ4n) is 0.818. The number of hydrogen-bond acceptors (Lipinski definition) is 6. The van der Waals surface area contributed by atoms with Gasteiger partial charge in [0.05, 0.1) is 5.75 Å². The quantitative estimate of drug-likeness (QED) is 0.657. The molecule has 0 spiro atoms. The van der Waals surface area contributed by atoms with Crippen LogP contribution < -0.4 is 16.2 Å². The largest absolute Gasteiger partial charge is 0.382 e. The smallest absolute Gasteiger partial charge is 0.210 e. The highest BCUT2D eigenvalue weighted by molar-refractivity contribution is 7.89. The molecule has 0 aromatic carbocycles. The van der Waals surface area contributed by atoms with Crippen molar-refractivity contribution in [3.8, 4) is 0 Å². The maximum Gasteiger partial charge on any atom is 0.210 e. The average molecular weight is 252 g/mol. The highest BCUT2D eigenvalue weighted by Crippen LogP contribution is 2.22. The third-order valence-electron chi connectivity index (χ3n) is 1.50. The van der Waals surface area contributed by atoms with E-state index in [2.05, 4.69) is 15.3 Å². The third kappa shape index (κ3) is 3.86. The molecule has 0 bridgehead atoms. The predicted octanol–water partition coefficient (Wildman–Crippen LogP) is -0.587. The second kappa shape index (κ2) is 4.60. The van der Waals surface area contributed by atoms with Crippen molar-refractivity contribution >= 4 is 33.3 Å². The Balaban J connectivity index is 2.62. The summed E-state index contributed by atoms with van der Waals surface area (Å²) in [7, 11) is -3.50. The lowest BCUT2D eigenvalue weighted by Gasteiger charge is -2.06. The molecule has 1 aromatic heterocycles. The fraction of sp³-hybridized carbons (Fsp3) is 0.333. The molecule has 84 valence electrons. The normalized spacial score (nSPS) is 11.3. The molecular formula is C6H10ClN5O2S. The Morgan fingerprint density at radius 3 is 2.73 bits per heavy atom. The average Bonchev–Trinajstić information content (AvgIpc) is 2.10. The second-order valence-electron chi connectivity index (χ2n) is 2.72. The fourth-order valence-corrected chi connectivity index (χ4v) is 1.37. The molecule has 0 fully saturated rings. The summed E-state index contributed by atoms with van der Waals surface area (Å²) < 4.78 is 21.2. The van der Waals surface area contributed by atoms with Gasteiger partial charge in [0.25, 0.3) is 0 Å². The number of rotatable bonds is 4. The molecule has 1 rings (SSSR count). The number of anilines is 2. The second-order valence-corrected chi connectivity index (χ2v) is 4.83. The van der Waals surface area contributed by atoms with E-state index in [1.165, 1.54) is 6.33 Å². The van der Waals surface area contributed by atoms with Crippen molar-refractivity contribution in [2.45, 2.75) is 0 Å². The number of nitrogen functional groups attached to an aromatic ring is 1. The van der Waals surface area contributed by atoms with Gasteiger partial charge >= 0.3 is 0 Å². The summed E-state index contributed by atoms with van der Waals surface area (Å²) in [4.78, 5) is 7.44. The van der Waals surface area contributed by atoms with Crippen LogP contribution in [0.15, 0.2) is 6.33 Å². The Bertz CT molecular complexity index is 449. The first-order valence-corrected chi connectivity index (χ1v) is 6.00. The summed E-state index contributed by atoms with van der Waals surface area (Å²) in [6.45, 7) is 0.106. The Labute approximate surface area is 91.9 Å². The number of nitrogens with two attached hydrogens (primary N) is 2. The van der Waals surface area contributed by atoms with Crippen LogP contribution in [0.25, 0.3) is 0 Å². The minimum Gasteiger partial charge on any atom is -0.382 e. The summed E-state index contributed by atoms with van der Waals surface area (Å²) in [5.74, 6) is 0.199. The Hall–Kier alpha value is -1.12. The van der Waals surface area contributed by atoms with Crippen molar-refractivity contribution in [1.29, 1.82) is 0 Å². The number of primary sulfonamides is 1. The molecule has 0 aliphatic rings. The number of nitrogens with one attached hydrogen (secondary N) is 1. The van der Waals surface area contributed by atoms with Gasteiger partial charge in [-0.25, -0.2) is 23.5 Å². The molecular weight excluding hydrogens is 242 g/mol. The van der Waals surface area contributed by atoms with Crippen LogP contribution >= 0.6 is 11.6 Å². The van der Waals surface area contributed by atoms with E-state index in [1.54, 1.807) is 0 Å². The summed E-state index contributed by atoms with van der Waals surface area (Å²) >= 11 is 5.75. The van der Waals surface area contributed by atoms with Gasteiger partial charge in [-0.2, -0.15) is 0 Å². The predicted molar refractivity (Wildman–Crippen MR) is 57.9 cm³/mol. The molecule has 1 aromatic rings. The molecule has 0 saturated heterocycles.